The first-order chi connectivity index (χ1) is 36.8. The standard InChI is InChI=1S/C26H28F3N3O5S2.C26H29F2N3O5S2/c1-36-22-4-2-3-19(15-22)25(33)31-17-23-9-10-24(38-23)39(34,35)32-13-11-20(12-14-32)30-16-18-5-7-21(8-6-18)37-26(27,28)29;1-35-22-4-2-3-19(15-22)25(32)30-17-23-9-10-24(37-23)38(33,34)31-13-11-20(12-14-31)29-16-18-5-7-21(8-6-18)36-26(27)28/h2-10,15,20,30H,11-14,16-17H2,1H3,(H,31,33);2-10,15,20,26,29H,11-14,16-17H2,1H3,(H,30,32). The second kappa shape index (κ2) is 26.9. The van der Waals surface area contributed by atoms with E-state index in [0.29, 0.717) is 92.5 Å². The van der Waals surface area contributed by atoms with E-state index in [1.165, 1.54) is 47.1 Å². The molecule has 0 bridgehead atoms. The van der Waals surface area contributed by atoms with Crippen LogP contribution in [0.25, 0.3) is 0 Å². The van der Waals surface area contributed by atoms with Gasteiger partial charge in [0.15, 0.2) is 0 Å². The van der Waals surface area contributed by atoms with E-state index < -0.39 is 33.0 Å². The van der Waals surface area contributed by atoms with Gasteiger partial charge in [-0.05, 0) is 122 Å². The Morgan fingerprint density at radius 2 is 0.974 bits per heavy atom. The molecular formula is C52H57F5N6O10S4. The minimum atomic E-state index is -4.73. The fraction of sp³-hybridized carbons (Fsp3) is 0.346. The minimum absolute atomic E-state index is 0.0771. The molecule has 0 saturated carbocycles. The molecule has 414 valence electrons. The van der Waals surface area contributed by atoms with Crippen LogP contribution < -0.4 is 40.2 Å². The maximum atomic E-state index is 13.2. The summed E-state index contributed by atoms with van der Waals surface area (Å²) in [4.78, 5) is 26.3. The number of ether oxygens (including phenoxy) is 4. The Morgan fingerprint density at radius 1 is 0.571 bits per heavy atom. The molecule has 0 unspecified atom stereocenters. The summed E-state index contributed by atoms with van der Waals surface area (Å²) >= 11 is 2.28. The molecule has 6 aromatic rings. The molecule has 2 saturated heterocycles. The van der Waals surface area contributed by atoms with E-state index in [9.17, 15) is 48.4 Å². The van der Waals surface area contributed by atoms with Crippen molar-refractivity contribution in [2.75, 3.05) is 40.4 Å². The average molecular weight is 1150 g/mol. The molecule has 2 fully saturated rings. The van der Waals surface area contributed by atoms with E-state index >= 15 is 0 Å². The molecule has 4 aromatic carbocycles. The van der Waals surface area contributed by atoms with Gasteiger partial charge in [-0.3, -0.25) is 9.59 Å². The highest BCUT2D eigenvalue weighted by Crippen LogP contribution is 2.30. The predicted molar refractivity (Wildman–Crippen MR) is 280 cm³/mol. The van der Waals surface area contributed by atoms with Crippen LogP contribution in [0.4, 0.5) is 22.0 Å². The van der Waals surface area contributed by atoms with Crippen molar-refractivity contribution in [2.45, 2.75) is 85.3 Å². The largest absolute Gasteiger partial charge is 0.573 e. The minimum Gasteiger partial charge on any atom is -0.497 e. The summed E-state index contributed by atoms with van der Waals surface area (Å²) in [5, 5.41) is 12.4. The lowest BCUT2D eigenvalue weighted by Gasteiger charge is -2.31. The zero-order chi connectivity index (χ0) is 55.2. The number of thiophene rings is 2. The topological polar surface area (TPSA) is 194 Å². The van der Waals surface area contributed by atoms with Crippen LogP contribution in [0.2, 0.25) is 0 Å². The van der Waals surface area contributed by atoms with Crippen LogP contribution in [0.3, 0.4) is 0 Å². The first-order valence-corrected chi connectivity index (χ1v) is 28.7. The lowest BCUT2D eigenvalue weighted by molar-refractivity contribution is -0.274. The van der Waals surface area contributed by atoms with Crippen LogP contribution in [0.15, 0.2) is 130 Å². The number of piperidine rings is 2. The molecule has 77 heavy (non-hydrogen) atoms. The highest BCUT2D eigenvalue weighted by Gasteiger charge is 2.33. The summed E-state index contributed by atoms with van der Waals surface area (Å²) in [5.41, 5.74) is 2.63. The number of carbonyl (C=O) groups is 2. The maximum absolute atomic E-state index is 13.2. The van der Waals surface area contributed by atoms with E-state index in [4.69, 9.17) is 9.47 Å². The number of sulfonamides is 2. The van der Waals surface area contributed by atoms with Crippen molar-refractivity contribution >= 4 is 54.5 Å². The summed E-state index contributed by atoms with van der Waals surface area (Å²) in [6.45, 7) is 0.0231. The summed E-state index contributed by atoms with van der Waals surface area (Å²) in [6.07, 6.45) is -2.22. The highest BCUT2D eigenvalue weighted by molar-refractivity contribution is 7.91. The Kier molecular flexibility index (Phi) is 20.4. The van der Waals surface area contributed by atoms with E-state index in [-0.39, 0.29) is 56.9 Å². The highest BCUT2D eigenvalue weighted by atomic mass is 32.3. The van der Waals surface area contributed by atoms with Gasteiger partial charge >= 0.3 is 13.0 Å². The number of alkyl halides is 5. The zero-order valence-corrected chi connectivity index (χ0v) is 45.0. The molecule has 0 spiro atoms. The molecule has 2 aliphatic rings. The molecular weight excluding hydrogens is 1090 g/mol. The Hall–Kier alpha value is -6.19. The van der Waals surface area contributed by atoms with Crippen LogP contribution in [-0.4, -0.2) is 103 Å². The second-order valence-corrected chi connectivity index (χ2v) is 24.3. The average Bonchev–Trinajstić information content (AvgIpc) is 4.13. The van der Waals surface area contributed by atoms with E-state index in [1.807, 2.05) is 0 Å². The van der Waals surface area contributed by atoms with Gasteiger partial charge in [-0.1, -0.05) is 36.4 Å². The van der Waals surface area contributed by atoms with E-state index in [1.54, 1.807) is 97.1 Å². The lowest BCUT2D eigenvalue weighted by atomic mass is 10.1. The third kappa shape index (κ3) is 17.2. The maximum Gasteiger partial charge on any atom is 0.573 e. The van der Waals surface area contributed by atoms with Gasteiger partial charge in [0.05, 0.1) is 27.3 Å². The van der Waals surface area contributed by atoms with Gasteiger partial charge < -0.3 is 40.2 Å². The van der Waals surface area contributed by atoms with Crippen molar-refractivity contribution in [3.63, 3.8) is 0 Å². The molecule has 25 heteroatoms. The van der Waals surface area contributed by atoms with E-state index in [2.05, 4.69) is 30.7 Å². The van der Waals surface area contributed by atoms with Gasteiger partial charge in [-0.2, -0.15) is 17.4 Å². The fourth-order valence-corrected chi connectivity index (χ4v) is 14.1. The van der Waals surface area contributed by atoms with Crippen LogP contribution >= 0.6 is 22.7 Å². The molecule has 2 aliphatic heterocycles. The zero-order valence-electron chi connectivity index (χ0n) is 41.8. The fourth-order valence-electron chi connectivity index (χ4n) is 8.23. The van der Waals surface area contributed by atoms with Crippen LogP contribution in [0.1, 0.15) is 67.3 Å². The lowest BCUT2D eigenvalue weighted by Crippen LogP contribution is -2.44. The summed E-state index contributed by atoms with van der Waals surface area (Å²) in [5.74, 6) is 0.428. The van der Waals surface area contributed by atoms with E-state index in [0.717, 1.165) is 38.7 Å². The SMILES string of the molecule is COc1cccc(C(=O)NCc2ccc(S(=O)(=O)N3CCC(NCc4ccc(OC(F)(F)F)cc4)CC3)s2)c1.COc1cccc(C(=O)NCc2ccc(S(=O)(=O)N3CCC(NCc4ccc(OC(F)F)cc4)CC3)s2)c1. The molecule has 8 rings (SSSR count). The van der Waals surface area contributed by atoms with Gasteiger partial charge in [0, 0.05) is 72.2 Å². The first kappa shape index (κ1) is 58.5. The van der Waals surface area contributed by atoms with Crippen LogP contribution in [0, 0.1) is 0 Å². The number of halogens is 5. The Bertz CT molecular complexity index is 3110. The predicted octanol–water partition coefficient (Wildman–Crippen LogP) is 8.76. The summed E-state index contributed by atoms with van der Waals surface area (Å²) < 4.78 is 136. The van der Waals surface area contributed by atoms with Gasteiger partial charge in [-0.25, -0.2) is 16.8 Å². The van der Waals surface area contributed by atoms with Crippen molar-refractivity contribution < 1.29 is 67.3 Å². The number of nitrogens with zero attached hydrogens (tertiary/aromatic N) is 2. The number of methoxy groups -OCH3 is 2. The second-order valence-electron chi connectivity index (χ2n) is 17.6. The summed E-state index contributed by atoms with van der Waals surface area (Å²) in [6, 6.07) is 32.4. The third-order valence-electron chi connectivity index (χ3n) is 12.4. The molecule has 4 heterocycles. The van der Waals surface area contributed by atoms with Crippen molar-refractivity contribution in [2.24, 2.45) is 0 Å². The van der Waals surface area contributed by atoms with Crippen molar-refractivity contribution in [3.05, 3.63) is 153 Å². The number of carbonyl (C=O) groups excluding carboxylic acids is 2. The van der Waals surface area contributed by atoms with Crippen LogP contribution in [-0.2, 0) is 46.2 Å². The molecule has 2 aromatic heterocycles. The number of rotatable bonds is 21. The van der Waals surface area contributed by atoms with Crippen molar-refractivity contribution in [3.8, 4) is 23.0 Å². The molecule has 0 aliphatic carbocycles. The first-order valence-electron chi connectivity index (χ1n) is 24.2. The molecule has 16 nitrogen and oxygen atoms in total. The molecule has 4 N–H and O–H groups in total. The number of benzene rings is 4. The van der Waals surface area contributed by atoms with Gasteiger partial charge in [0.25, 0.3) is 31.9 Å². The smallest absolute Gasteiger partial charge is 0.497 e. The number of nitrogens with one attached hydrogen (secondary N) is 4. The molecule has 2 amide bonds. The Labute approximate surface area is 451 Å². The van der Waals surface area contributed by atoms with Crippen molar-refractivity contribution in [1.82, 2.24) is 29.9 Å². The number of hydrogen-bond donors (Lipinski definition) is 4. The van der Waals surface area contributed by atoms with Gasteiger partial charge in [0.1, 0.15) is 31.4 Å². The van der Waals surface area contributed by atoms with Crippen molar-refractivity contribution in [1.29, 1.82) is 0 Å². The number of hydrogen-bond acceptors (Lipinski definition) is 14. The quantitative estimate of drug-likeness (QED) is 0.0502. The Morgan fingerprint density at radius 3 is 1.35 bits per heavy atom. The third-order valence-corrected chi connectivity index (χ3v) is 19.3. The van der Waals surface area contributed by atoms with Crippen LogP contribution in [0.5, 0.6) is 23.0 Å². The van der Waals surface area contributed by atoms with Gasteiger partial charge in [0.2, 0.25) is 0 Å². The molecule has 0 radical (unpaired) electrons. The normalized spacial score (nSPS) is 15.1. The Balaban J connectivity index is 0.000000224. The van der Waals surface area contributed by atoms with Gasteiger partial charge in [-0.15, -0.1) is 35.8 Å². The number of amides is 2. The molecule has 0 atom stereocenters. The summed E-state index contributed by atoms with van der Waals surface area (Å²) in [7, 11) is -4.24. The monoisotopic (exact) mass is 1150 g/mol.